The summed E-state index contributed by atoms with van der Waals surface area (Å²) in [7, 11) is 3.16. The van der Waals surface area contributed by atoms with Crippen molar-refractivity contribution in [3.05, 3.63) is 23.8 Å². The second-order valence-electron chi connectivity index (χ2n) is 4.21. The van der Waals surface area contributed by atoms with Crippen LogP contribution in [0.3, 0.4) is 0 Å². The average molecular weight is 264 g/mol. The van der Waals surface area contributed by atoms with E-state index in [1.807, 2.05) is 25.1 Å². The van der Waals surface area contributed by atoms with E-state index in [2.05, 4.69) is 5.92 Å². The Bertz CT molecular complexity index is 436. The van der Waals surface area contributed by atoms with E-state index < -0.39 is 0 Å². The van der Waals surface area contributed by atoms with E-state index in [9.17, 15) is 5.11 Å². The van der Waals surface area contributed by atoms with E-state index >= 15 is 0 Å². The van der Waals surface area contributed by atoms with E-state index in [0.29, 0.717) is 11.5 Å². The van der Waals surface area contributed by atoms with E-state index in [4.69, 9.17) is 20.6 Å². The van der Waals surface area contributed by atoms with Crippen molar-refractivity contribution in [3.63, 3.8) is 0 Å². The molecule has 0 fully saturated rings. The van der Waals surface area contributed by atoms with Crippen molar-refractivity contribution in [1.82, 2.24) is 0 Å². The molecule has 104 valence electrons. The standard InChI is InChI=1S/C15H20O4/c1-5-8-19-15(11(2)10-16)12-6-7-13(17-3)14(9-12)18-4/h1,6-7,9,11,15-16H,8,10H2,2-4H3/t11?,15-/m0/s1. The Hall–Kier alpha value is -1.70. The fourth-order valence-electron chi connectivity index (χ4n) is 1.85. The summed E-state index contributed by atoms with van der Waals surface area (Å²) in [6.45, 7) is 2.12. The molecule has 1 unspecified atom stereocenters. The van der Waals surface area contributed by atoms with Gasteiger partial charge in [0.1, 0.15) is 6.61 Å². The van der Waals surface area contributed by atoms with Gasteiger partial charge in [-0.2, -0.15) is 0 Å². The van der Waals surface area contributed by atoms with E-state index in [0.717, 1.165) is 5.56 Å². The van der Waals surface area contributed by atoms with Gasteiger partial charge in [0.25, 0.3) is 0 Å². The van der Waals surface area contributed by atoms with Crippen LogP contribution in [0, 0.1) is 18.3 Å². The van der Waals surface area contributed by atoms with Crippen molar-refractivity contribution in [1.29, 1.82) is 0 Å². The van der Waals surface area contributed by atoms with Crippen LogP contribution in [0.25, 0.3) is 0 Å². The Morgan fingerprint density at radius 1 is 1.26 bits per heavy atom. The number of terminal acetylenes is 1. The van der Waals surface area contributed by atoms with Crippen LogP contribution in [0.5, 0.6) is 11.5 Å². The number of hydrogen-bond donors (Lipinski definition) is 1. The first-order valence-corrected chi connectivity index (χ1v) is 6.05. The highest BCUT2D eigenvalue weighted by Gasteiger charge is 2.20. The molecule has 1 aromatic carbocycles. The van der Waals surface area contributed by atoms with Gasteiger partial charge in [-0.1, -0.05) is 18.9 Å². The average Bonchev–Trinajstić information content (AvgIpc) is 2.46. The van der Waals surface area contributed by atoms with Gasteiger partial charge in [-0.25, -0.2) is 0 Å². The van der Waals surface area contributed by atoms with Crippen molar-refractivity contribution < 1.29 is 19.3 Å². The van der Waals surface area contributed by atoms with E-state index in [-0.39, 0.29) is 25.2 Å². The van der Waals surface area contributed by atoms with Gasteiger partial charge >= 0.3 is 0 Å². The molecule has 0 aliphatic heterocycles. The Morgan fingerprint density at radius 2 is 1.95 bits per heavy atom. The largest absolute Gasteiger partial charge is 0.493 e. The normalized spacial score (nSPS) is 13.4. The number of ether oxygens (including phenoxy) is 3. The summed E-state index contributed by atoms with van der Waals surface area (Å²) in [5.74, 6) is 3.65. The molecule has 2 atom stereocenters. The summed E-state index contributed by atoms with van der Waals surface area (Å²) in [5.41, 5.74) is 0.898. The lowest BCUT2D eigenvalue weighted by molar-refractivity contribution is 0.0154. The van der Waals surface area contributed by atoms with Gasteiger partial charge in [0.2, 0.25) is 0 Å². The van der Waals surface area contributed by atoms with Crippen LogP contribution in [0.15, 0.2) is 18.2 Å². The molecular formula is C15H20O4. The third kappa shape index (κ3) is 3.88. The smallest absolute Gasteiger partial charge is 0.161 e. The molecule has 1 rings (SSSR count). The highest BCUT2D eigenvalue weighted by atomic mass is 16.5. The number of methoxy groups -OCH3 is 2. The predicted molar refractivity (Wildman–Crippen MR) is 73.3 cm³/mol. The fraction of sp³-hybridized carbons (Fsp3) is 0.467. The van der Waals surface area contributed by atoms with Crippen LogP contribution in [-0.2, 0) is 4.74 Å². The number of rotatable bonds is 7. The molecule has 0 aromatic heterocycles. The van der Waals surface area contributed by atoms with E-state index in [1.54, 1.807) is 14.2 Å². The van der Waals surface area contributed by atoms with E-state index in [1.165, 1.54) is 0 Å². The first kappa shape index (κ1) is 15.4. The molecule has 0 bridgehead atoms. The topological polar surface area (TPSA) is 47.9 Å². The first-order valence-electron chi connectivity index (χ1n) is 6.05. The summed E-state index contributed by atoms with van der Waals surface area (Å²) in [5, 5.41) is 9.31. The van der Waals surface area contributed by atoms with Gasteiger partial charge in [-0.3, -0.25) is 0 Å². The zero-order valence-electron chi connectivity index (χ0n) is 11.6. The molecule has 19 heavy (non-hydrogen) atoms. The minimum absolute atomic E-state index is 0.0174. The van der Waals surface area contributed by atoms with Gasteiger partial charge in [0.15, 0.2) is 11.5 Å². The number of benzene rings is 1. The van der Waals surface area contributed by atoms with Crippen LogP contribution >= 0.6 is 0 Å². The lowest BCUT2D eigenvalue weighted by atomic mass is 9.97. The molecular weight excluding hydrogens is 244 g/mol. The SMILES string of the molecule is C#CCO[C@H](c1ccc(OC)c(OC)c1)C(C)CO. The maximum absolute atomic E-state index is 9.31. The number of hydrogen-bond acceptors (Lipinski definition) is 4. The molecule has 0 saturated heterocycles. The number of aliphatic hydroxyl groups is 1. The van der Waals surface area contributed by atoms with Gasteiger partial charge in [0.05, 0.1) is 20.3 Å². The van der Waals surface area contributed by atoms with Gasteiger partial charge in [-0.05, 0) is 17.7 Å². The second kappa shape index (κ2) is 7.67. The summed E-state index contributed by atoms with van der Waals surface area (Å²) < 4.78 is 16.1. The Labute approximate surface area is 114 Å². The monoisotopic (exact) mass is 264 g/mol. The third-order valence-corrected chi connectivity index (χ3v) is 2.89. The van der Waals surface area contributed by atoms with Gasteiger partial charge < -0.3 is 19.3 Å². The maximum Gasteiger partial charge on any atom is 0.161 e. The van der Waals surface area contributed by atoms with Crippen molar-refractivity contribution in [2.75, 3.05) is 27.4 Å². The first-order chi connectivity index (χ1) is 9.17. The van der Waals surface area contributed by atoms with Crippen LogP contribution in [0.4, 0.5) is 0 Å². The van der Waals surface area contributed by atoms with Crippen molar-refractivity contribution in [2.45, 2.75) is 13.0 Å². The fourth-order valence-corrected chi connectivity index (χ4v) is 1.85. The van der Waals surface area contributed by atoms with Crippen LogP contribution < -0.4 is 9.47 Å². The third-order valence-electron chi connectivity index (χ3n) is 2.89. The molecule has 0 aliphatic carbocycles. The molecule has 4 heteroatoms. The van der Waals surface area contributed by atoms with Crippen LogP contribution in [0.2, 0.25) is 0 Å². The quantitative estimate of drug-likeness (QED) is 0.765. The lowest BCUT2D eigenvalue weighted by Gasteiger charge is -2.23. The van der Waals surface area contributed by atoms with Crippen molar-refractivity contribution in [3.8, 4) is 23.8 Å². The zero-order valence-corrected chi connectivity index (χ0v) is 11.6. The summed E-state index contributed by atoms with van der Waals surface area (Å²) in [4.78, 5) is 0. The van der Waals surface area contributed by atoms with Crippen molar-refractivity contribution in [2.24, 2.45) is 5.92 Å². The summed E-state index contributed by atoms with van der Waals surface area (Å²) >= 11 is 0. The highest BCUT2D eigenvalue weighted by Crippen LogP contribution is 2.33. The number of aliphatic hydroxyl groups excluding tert-OH is 1. The Morgan fingerprint density at radius 3 is 2.47 bits per heavy atom. The molecule has 0 radical (unpaired) electrons. The van der Waals surface area contributed by atoms with Crippen molar-refractivity contribution >= 4 is 0 Å². The Balaban J connectivity index is 3.04. The minimum Gasteiger partial charge on any atom is -0.493 e. The highest BCUT2D eigenvalue weighted by molar-refractivity contribution is 5.43. The Kier molecular flexibility index (Phi) is 6.20. The molecule has 0 saturated carbocycles. The molecule has 4 nitrogen and oxygen atoms in total. The molecule has 0 spiro atoms. The molecule has 0 aliphatic rings. The summed E-state index contributed by atoms with van der Waals surface area (Å²) in [6, 6.07) is 5.53. The molecule has 0 amide bonds. The summed E-state index contributed by atoms with van der Waals surface area (Å²) in [6.07, 6.45) is 4.94. The molecule has 0 heterocycles. The van der Waals surface area contributed by atoms with Gasteiger partial charge in [0, 0.05) is 12.5 Å². The van der Waals surface area contributed by atoms with Crippen LogP contribution in [-0.4, -0.2) is 32.5 Å². The second-order valence-corrected chi connectivity index (χ2v) is 4.21. The minimum atomic E-state index is -0.277. The molecule has 1 aromatic rings. The van der Waals surface area contributed by atoms with Gasteiger partial charge in [-0.15, -0.1) is 6.42 Å². The maximum atomic E-state index is 9.31. The lowest BCUT2D eigenvalue weighted by Crippen LogP contribution is -2.17. The molecule has 1 N–H and O–H groups in total. The predicted octanol–water partition coefficient (Wildman–Crippen LogP) is 2.02. The zero-order chi connectivity index (χ0) is 14.3. The van der Waals surface area contributed by atoms with Crippen LogP contribution in [0.1, 0.15) is 18.6 Å².